The van der Waals surface area contributed by atoms with E-state index in [0.717, 1.165) is 12.6 Å². The Hall–Kier alpha value is -1.92. The lowest BCUT2D eigenvalue weighted by Gasteiger charge is -2.39. The molecule has 6 heteroatoms. The van der Waals surface area contributed by atoms with Gasteiger partial charge in [-0.05, 0) is 49.3 Å². The minimum Gasteiger partial charge on any atom is -0.545 e. The first kappa shape index (κ1) is 34.2. The molecule has 0 bridgehead atoms. The van der Waals surface area contributed by atoms with Gasteiger partial charge in [0.05, 0.1) is 44.7 Å². The van der Waals surface area contributed by atoms with Crippen LogP contribution >= 0.6 is 0 Å². The molecule has 0 atom stereocenters. The number of quaternary nitrogens is 2. The second kappa shape index (κ2) is 22.9. The van der Waals surface area contributed by atoms with E-state index in [2.05, 4.69) is 40.4 Å². The Labute approximate surface area is 209 Å². The average Bonchev–Trinajstić information content (AvgIpc) is 2.84. The number of carboxylic acids is 2. The standard InChI is InChI=1S/C16H36N.C8H6O4.C4H11N/c1-5-9-13-17(14-10-6-2,15-11-7-3)16-12-8-4;9-7(10)5-2-1-3-6(4-5)8(11)12;1-2-3-4-5/h5-16H2,1-4H3;1-4H,(H,9,10)(H,11,12);2-5H2,1H3/q+1;;/p-1. The Morgan fingerprint density at radius 3 is 1.21 bits per heavy atom. The molecule has 1 aromatic carbocycles. The molecule has 0 spiro atoms. The number of benzene rings is 1. The third-order valence-electron chi connectivity index (χ3n) is 5.88. The first-order valence-electron chi connectivity index (χ1n) is 13.4. The third-order valence-corrected chi connectivity index (χ3v) is 5.88. The van der Waals surface area contributed by atoms with Gasteiger partial charge in [-0.25, -0.2) is 0 Å². The van der Waals surface area contributed by atoms with Gasteiger partial charge in [-0.1, -0.05) is 84.9 Å². The highest BCUT2D eigenvalue weighted by molar-refractivity contribution is 5.91. The number of carboxylic acid groups (broad SMARTS) is 2. The Balaban J connectivity index is 0. The fourth-order valence-electron chi connectivity index (χ4n) is 3.67. The Morgan fingerprint density at radius 2 is 1.00 bits per heavy atom. The summed E-state index contributed by atoms with van der Waals surface area (Å²) < 4.78 is 1.42. The normalized spacial score (nSPS) is 10.5. The molecule has 6 nitrogen and oxygen atoms in total. The smallest absolute Gasteiger partial charge is 0.0786 e. The number of hydrogen-bond donors (Lipinski definition) is 1. The van der Waals surface area contributed by atoms with E-state index in [4.69, 9.17) is 0 Å². The van der Waals surface area contributed by atoms with Crippen LogP contribution < -0.4 is 15.9 Å². The van der Waals surface area contributed by atoms with Gasteiger partial charge in [-0.3, -0.25) is 0 Å². The van der Waals surface area contributed by atoms with E-state index in [1.54, 1.807) is 0 Å². The molecule has 0 saturated carbocycles. The van der Waals surface area contributed by atoms with E-state index in [-0.39, 0.29) is 11.1 Å². The van der Waals surface area contributed by atoms with Crippen LogP contribution in [0.4, 0.5) is 0 Å². The Morgan fingerprint density at radius 1 is 0.676 bits per heavy atom. The summed E-state index contributed by atoms with van der Waals surface area (Å²) in [6, 6.07) is 4.81. The van der Waals surface area contributed by atoms with E-state index >= 15 is 0 Å². The molecule has 0 aromatic heterocycles. The van der Waals surface area contributed by atoms with Crippen LogP contribution in [0.5, 0.6) is 0 Å². The molecular formula is C28H52N2O4. The van der Waals surface area contributed by atoms with Gasteiger partial charge in [0.1, 0.15) is 0 Å². The Kier molecular flexibility index (Phi) is 23.0. The molecule has 0 radical (unpaired) electrons. The lowest BCUT2D eigenvalue weighted by Crippen LogP contribution is -2.50. The number of unbranched alkanes of at least 4 members (excludes halogenated alkanes) is 5. The van der Waals surface area contributed by atoms with Gasteiger partial charge in [0, 0.05) is 0 Å². The van der Waals surface area contributed by atoms with E-state index in [1.807, 2.05) is 0 Å². The summed E-state index contributed by atoms with van der Waals surface area (Å²) >= 11 is 0. The Bertz CT molecular complexity index is 566. The van der Waals surface area contributed by atoms with Crippen LogP contribution in [-0.4, -0.2) is 49.1 Å². The number of nitrogens with zero attached hydrogens (tertiary/aromatic N) is 1. The highest BCUT2D eigenvalue weighted by atomic mass is 16.4. The summed E-state index contributed by atoms with van der Waals surface area (Å²) in [7, 11) is 0. The first-order chi connectivity index (χ1) is 16.3. The monoisotopic (exact) mass is 480 g/mol. The topological polar surface area (TPSA) is 108 Å². The number of carbonyl (C=O) groups excluding carboxylic acids is 2. The quantitative estimate of drug-likeness (QED) is 0.366. The summed E-state index contributed by atoms with van der Waals surface area (Å²) in [6.45, 7) is 18.3. The zero-order valence-corrected chi connectivity index (χ0v) is 22.7. The molecule has 0 saturated heterocycles. The molecular weight excluding hydrogens is 428 g/mol. The van der Waals surface area contributed by atoms with Crippen molar-refractivity contribution in [3.8, 4) is 0 Å². The molecule has 1 aromatic rings. The fraction of sp³-hybridized carbons (Fsp3) is 0.714. The molecule has 0 fully saturated rings. The van der Waals surface area contributed by atoms with Crippen molar-refractivity contribution in [1.82, 2.24) is 0 Å². The number of aromatic carboxylic acids is 2. The molecule has 0 amide bonds. The summed E-state index contributed by atoms with van der Waals surface area (Å²) in [5, 5.41) is 20.5. The molecule has 198 valence electrons. The van der Waals surface area contributed by atoms with Crippen LogP contribution in [0.2, 0.25) is 0 Å². The summed E-state index contributed by atoms with van der Waals surface area (Å²) in [4.78, 5) is 20.5. The van der Waals surface area contributed by atoms with E-state index in [9.17, 15) is 19.8 Å². The summed E-state index contributed by atoms with van der Waals surface area (Å²) in [5.41, 5.74) is 3.34. The van der Waals surface area contributed by atoms with Crippen LogP contribution in [0.25, 0.3) is 0 Å². The first-order valence-corrected chi connectivity index (χ1v) is 13.4. The minimum atomic E-state index is -1.40. The van der Waals surface area contributed by atoms with Crippen molar-refractivity contribution < 1.29 is 30.0 Å². The molecule has 0 aliphatic heterocycles. The average molecular weight is 481 g/mol. The van der Waals surface area contributed by atoms with Gasteiger partial charge in [0.2, 0.25) is 0 Å². The zero-order valence-electron chi connectivity index (χ0n) is 22.7. The van der Waals surface area contributed by atoms with Gasteiger partial charge < -0.3 is 30.0 Å². The van der Waals surface area contributed by atoms with Gasteiger partial charge in [-0.15, -0.1) is 0 Å². The van der Waals surface area contributed by atoms with Crippen LogP contribution in [0.15, 0.2) is 24.3 Å². The molecule has 34 heavy (non-hydrogen) atoms. The van der Waals surface area contributed by atoms with Crippen molar-refractivity contribution >= 4 is 11.9 Å². The predicted molar refractivity (Wildman–Crippen MR) is 137 cm³/mol. The van der Waals surface area contributed by atoms with Gasteiger partial charge in [-0.2, -0.15) is 0 Å². The molecule has 0 aliphatic rings. The second-order valence-corrected chi connectivity index (χ2v) is 9.01. The predicted octanol–water partition coefficient (Wildman–Crippen LogP) is 3.45. The number of rotatable bonds is 16. The van der Waals surface area contributed by atoms with E-state index in [0.29, 0.717) is 0 Å². The van der Waals surface area contributed by atoms with Gasteiger partial charge in [0.15, 0.2) is 0 Å². The highest BCUT2D eigenvalue weighted by Gasteiger charge is 2.24. The fourth-order valence-corrected chi connectivity index (χ4v) is 3.67. The van der Waals surface area contributed by atoms with E-state index < -0.39 is 11.9 Å². The summed E-state index contributed by atoms with van der Waals surface area (Å²) in [6.07, 6.45) is 13.6. The zero-order chi connectivity index (χ0) is 26.2. The van der Waals surface area contributed by atoms with Crippen molar-refractivity contribution in [2.75, 3.05) is 32.7 Å². The van der Waals surface area contributed by atoms with Crippen LogP contribution in [-0.2, 0) is 0 Å². The van der Waals surface area contributed by atoms with Crippen molar-refractivity contribution in [3.63, 3.8) is 0 Å². The van der Waals surface area contributed by atoms with Gasteiger partial charge >= 0.3 is 0 Å². The van der Waals surface area contributed by atoms with Crippen LogP contribution in [0.1, 0.15) is 120 Å². The van der Waals surface area contributed by atoms with Crippen LogP contribution in [0, 0.1) is 0 Å². The molecule has 3 N–H and O–H groups in total. The lowest BCUT2D eigenvalue weighted by atomic mass is 10.1. The third kappa shape index (κ3) is 17.5. The maximum atomic E-state index is 10.3. The minimum absolute atomic E-state index is 0.170. The van der Waals surface area contributed by atoms with Crippen molar-refractivity contribution in [3.05, 3.63) is 35.4 Å². The van der Waals surface area contributed by atoms with Crippen LogP contribution in [0.3, 0.4) is 0 Å². The lowest BCUT2D eigenvalue weighted by molar-refractivity contribution is -0.929. The van der Waals surface area contributed by atoms with Gasteiger partial charge in [0.25, 0.3) is 0 Å². The van der Waals surface area contributed by atoms with Crippen molar-refractivity contribution in [2.45, 2.75) is 98.8 Å². The molecule has 0 aliphatic carbocycles. The second-order valence-electron chi connectivity index (χ2n) is 9.01. The van der Waals surface area contributed by atoms with Crippen molar-refractivity contribution in [2.24, 2.45) is 0 Å². The van der Waals surface area contributed by atoms with Crippen molar-refractivity contribution in [1.29, 1.82) is 0 Å². The SMILES string of the molecule is CCCC[N+](CCCC)(CCCC)CCCC.CCCC[NH3+].O=C([O-])c1cccc(C(=O)[O-])c1. The molecule has 0 unspecified atom stereocenters. The number of carbonyl (C=O) groups is 2. The maximum Gasteiger partial charge on any atom is 0.0786 e. The largest absolute Gasteiger partial charge is 0.545 e. The number of hydrogen-bond acceptors (Lipinski definition) is 4. The molecule has 1 rings (SSSR count). The summed E-state index contributed by atoms with van der Waals surface area (Å²) in [5.74, 6) is -2.81. The maximum absolute atomic E-state index is 10.3. The van der Waals surface area contributed by atoms with E-state index in [1.165, 1.54) is 113 Å². The highest BCUT2D eigenvalue weighted by Crippen LogP contribution is 2.16. The molecule has 0 heterocycles.